The number of hydrogen-bond donors (Lipinski definition) is 1. The predicted molar refractivity (Wildman–Crippen MR) is 77.4 cm³/mol. The minimum Gasteiger partial charge on any atom is -0.457 e. The molecule has 0 spiro atoms. The van der Waals surface area contributed by atoms with Crippen LogP contribution in [0.1, 0.15) is 11.1 Å². The average molecular weight is 259 g/mol. The molecule has 0 heterocycles. The van der Waals surface area contributed by atoms with Gasteiger partial charge in [-0.15, -0.1) is 11.8 Å². The van der Waals surface area contributed by atoms with Gasteiger partial charge in [0.15, 0.2) is 0 Å². The molecule has 0 saturated carbocycles. The minimum atomic E-state index is 0.559. The maximum Gasteiger partial charge on any atom is 0.130 e. The molecule has 0 aliphatic heterocycles. The van der Waals surface area contributed by atoms with Crippen LogP contribution < -0.4 is 10.5 Å². The third-order valence-corrected chi connectivity index (χ3v) is 3.51. The van der Waals surface area contributed by atoms with Gasteiger partial charge in [0.25, 0.3) is 0 Å². The molecule has 0 atom stereocenters. The van der Waals surface area contributed by atoms with Gasteiger partial charge >= 0.3 is 0 Å². The van der Waals surface area contributed by atoms with E-state index in [2.05, 4.69) is 24.5 Å². The molecule has 0 aliphatic carbocycles. The van der Waals surface area contributed by atoms with Gasteiger partial charge in [0.05, 0.1) is 0 Å². The maximum absolute atomic E-state index is 5.86. The summed E-state index contributed by atoms with van der Waals surface area (Å²) in [6, 6.07) is 14.1. The molecule has 0 aromatic heterocycles. The lowest BCUT2D eigenvalue weighted by atomic mass is 10.1. The van der Waals surface area contributed by atoms with E-state index >= 15 is 0 Å². The quantitative estimate of drug-likeness (QED) is 0.844. The Hall–Kier alpha value is -1.45. The van der Waals surface area contributed by atoms with Crippen LogP contribution in [0.4, 0.5) is 0 Å². The highest BCUT2D eigenvalue weighted by Crippen LogP contribution is 2.27. The second-order valence-electron chi connectivity index (χ2n) is 4.08. The van der Waals surface area contributed by atoms with Crippen LogP contribution in [0.3, 0.4) is 0 Å². The third-order valence-electron chi connectivity index (χ3n) is 2.76. The lowest BCUT2D eigenvalue weighted by molar-refractivity contribution is 0.478. The van der Waals surface area contributed by atoms with Crippen molar-refractivity contribution in [3.63, 3.8) is 0 Å². The zero-order valence-electron chi connectivity index (χ0n) is 10.6. The molecular formula is C15H17NOS. The summed E-state index contributed by atoms with van der Waals surface area (Å²) in [5, 5.41) is 0. The van der Waals surface area contributed by atoms with Crippen LogP contribution in [0, 0.1) is 6.92 Å². The SMILES string of the molecule is CSc1ccc(Oc2ccc(CN)cc2C)cc1. The Labute approximate surface area is 112 Å². The summed E-state index contributed by atoms with van der Waals surface area (Å²) in [5.41, 5.74) is 7.84. The van der Waals surface area contributed by atoms with Gasteiger partial charge in [-0.2, -0.15) is 0 Å². The summed E-state index contributed by atoms with van der Waals surface area (Å²) >= 11 is 1.72. The molecule has 2 aromatic carbocycles. The molecule has 0 aliphatic rings. The monoisotopic (exact) mass is 259 g/mol. The van der Waals surface area contributed by atoms with Crippen molar-refractivity contribution in [2.45, 2.75) is 18.4 Å². The van der Waals surface area contributed by atoms with Gasteiger partial charge in [-0.05, 0) is 54.6 Å². The summed E-state index contributed by atoms with van der Waals surface area (Å²) in [6.45, 7) is 2.59. The first kappa shape index (κ1) is 13.0. The topological polar surface area (TPSA) is 35.2 Å². The van der Waals surface area contributed by atoms with Crippen molar-refractivity contribution < 1.29 is 4.74 Å². The van der Waals surface area contributed by atoms with Crippen molar-refractivity contribution in [1.82, 2.24) is 0 Å². The molecule has 2 nitrogen and oxygen atoms in total. The normalized spacial score (nSPS) is 10.4. The highest BCUT2D eigenvalue weighted by Gasteiger charge is 2.02. The number of hydrogen-bond acceptors (Lipinski definition) is 3. The van der Waals surface area contributed by atoms with Gasteiger partial charge in [-0.25, -0.2) is 0 Å². The van der Waals surface area contributed by atoms with E-state index in [1.54, 1.807) is 11.8 Å². The zero-order chi connectivity index (χ0) is 13.0. The van der Waals surface area contributed by atoms with E-state index in [1.165, 1.54) is 4.90 Å². The minimum absolute atomic E-state index is 0.559. The largest absolute Gasteiger partial charge is 0.457 e. The van der Waals surface area contributed by atoms with Crippen molar-refractivity contribution in [3.8, 4) is 11.5 Å². The molecule has 0 amide bonds. The molecule has 0 fully saturated rings. The summed E-state index contributed by atoms with van der Waals surface area (Å²) < 4.78 is 5.86. The van der Waals surface area contributed by atoms with Gasteiger partial charge < -0.3 is 10.5 Å². The van der Waals surface area contributed by atoms with Gasteiger partial charge in [0.2, 0.25) is 0 Å². The van der Waals surface area contributed by atoms with E-state index in [9.17, 15) is 0 Å². The van der Waals surface area contributed by atoms with Crippen molar-refractivity contribution >= 4 is 11.8 Å². The van der Waals surface area contributed by atoms with Crippen LogP contribution in [0.5, 0.6) is 11.5 Å². The van der Waals surface area contributed by atoms with Crippen LogP contribution in [-0.2, 0) is 6.54 Å². The van der Waals surface area contributed by atoms with E-state index in [0.717, 1.165) is 22.6 Å². The third kappa shape index (κ3) is 3.06. The van der Waals surface area contributed by atoms with Gasteiger partial charge in [0, 0.05) is 11.4 Å². The van der Waals surface area contributed by atoms with E-state index in [-0.39, 0.29) is 0 Å². The molecule has 0 unspecified atom stereocenters. The van der Waals surface area contributed by atoms with Crippen LogP contribution in [0.2, 0.25) is 0 Å². The highest BCUT2D eigenvalue weighted by atomic mass is 32.2. The standard InChI is InChI=1S/C15H17NOS/c1-11-9-12(10-16)3-8-15(11)17-13-4-6-14(18-2)7-5-13/h3-9H,10,16H2,1-2H3. The molecule has 0 bridgehead atoms. The van der Waals surface area contributed by atoms with Crippen LogP contribution >= 0.6 is 11.8 Å². The molecule has 2 aromatic rings. The summed E-state index contributed by atoms with van der Waals surface area (Å²) in [6.07, 6.45) is 2.06. The zero-order valence-corrected chi connectivity index (χ0v) is 11.5. The lowest BCUT2D eigenvalue weighted by Gasteiger charge is -2.10. The van der Waals surface area contributed by atoms with Gasteiger partial charge in [-0.3, -0.25) is 0 Å². The van der Waals surface area contributed by atoms with Crippen molar-refractivity contribution in [3.05, 3.63) is 53.6 Å². The maximum atomic E-state index is 5.86. The number of nitrogens with two attached hydrogens (primary N) is 1. The van der Waals surface area contributed by atoms with E-state index in [0.29, 0.717) is 6.54 Å². The molecule has 0 radical (unpaired) electrons. The van der Waals surface area contributed by atoms with Gasteiger partial charge in [0.1, 0.15) is 11.5 Å². The number of ether oxygens (including phenoxy) is 1. The second-order valence-corrected chi connectivity index (χ2v) is 4.96. The van der Waals surface area contributed by atoms with Crippen LogP contribution in [0.25, 0.3) is 0 Å². The Bertz CT molecular complexity index is 523. The Kier molecular flexibility index (Phi) is 4.28. The van der Waals surface area contributed by atoms with Gasteiger partial charge in [-0.1, -0.05) is 12.1 Å². The Morgan fingerprint density at radius 2 is 1.83 bits per heavy atom. The first-order chi connectivity index (χ1) is 8.72. The number of rotatable bonds is 4. The molecule has 0 saturated heterocycles. The van der Waals surface area contributed by atoms with Crippen molar-refractivity contribution in [2.24, 2.45) is 5.73 Å². The molecule has 3 heteroatoms. The summed E-state index contributed by atoms with van der Waals surface area (Å²) in [5.74, 6) is 1.74. The molecule has 94 valence electrons. The fourth-order valence-corrected chi connectivity index (χ4v) is 2.13. The first-order valence-electron chi connectivity index (χ1n) is 5.84. The van der Waals surface area contributed by atoms with Crippen LogP contribution in [0.15, 0.2) is 47.4 Å². The van der Waals surface area contributed by atoms with Crippen molar-refractivity contribution in [2.75, 3.05) is 6.26 Å². The molecular weight excluding hydrogens is 242 g/mol. The van der Waals surface area contributed by atoms with Crippen molar-refractivity contribution in [1.29, 1.82) is 0 Å². The smallest absolute Gasteiger partial charge is 0.130 e. The molecule has 2 rings (SSSR count). The Balaban J connectivity index is 2.17. The fourth-order valence-electron chi connectivity index (χ4n) is 1.72. The summed E-state index contributed by atoms with van der Waals surface area (Å²) in [7, 11) is 0. The Morgan fingerprint density at radius 1 is 1.11 bits per heavy atom. The van der Waals surface area contributed by atoms with E-state index in [4.69, 9.17) is 10.5 Å². The average Bonchev–Trinajstić information content (AvgIpc) is 2.42. The summed E-state index contributed by atoms with van der Waals surface area (Å²) in [4.78, 5) is 1.23. The number of aryl methyl sites for hydroxylation is 1. The number of thioether (sulfide) groups is 1. The first-order valence-corrected chi connectivity index (χ1v) is 7.07. The lowest BCUT2D eigenvalue weighted by Crippen LogP contribution is -1.97. The molecule has 2 N–H and O–H groups in total. The number of benzene rings is 2. The van der Waals surface area contributed by atoms with E-state index < -0.39 is 0 Å². The molecule has 18 heavy (non-hydrogen) atoms. The van der Waals surface area contributed by atoms with Crippen LogP contribution in [-0.4, -0.2) is 6.26 Å². The highest BCUT2D eigenvalue weighted by molar-refractivity contribution is 7.98. The predicted octanol–water partition coefficient (Wildman–Crippen LogP) is 3.97. The van der Waals surface area contributed by atoms with E-state index in [1.807, 2.05) is 31.2 Å². The Morgan fingerprint density at radius 3 is 2.39 bits per heavy atom. The fraction of sp³-hybridized carbons (Fsp3) is 0.200. The second kappa shape index (κ2) is 5.94.